The number of nitrogens with one attached hydrogen (secondary N) is 1. The summed E-state index contributed by atoms with van der Waals surface area (Å²) >= 11 is 3.42. The molecule has 0 fully saturated rings. The van der Waals surface area contributed by atoms with Crippen LogP contribution in [-0.4, -0.2) is 26.7 Å². The molecule has 2 aromatic rings. The van der Waals surface area contributed by atoms with Crippen molar-refractivity contribution in [2.75, 3.05) is 26.1 Å². The van der Waals surface area contributed by atoms with Gasteiger partial charge in [0.25, 0.3) is 5.91 Å². The average molecular weight is 380 g/mol. The molecule has 6 heteroatoms. The fourth-order valence-corrected chi connectivity index (χ4v) is 2.18. The highest BCUT2D eigenvalue weighted by Crippen LogP contribution is 2.26. The molecule has 0 aliphatic heterocycles. The van der Waals surface area contributed by atoms with Gasteiger partial charge in [-0.2, -0.15) is 0 Å². The number of amides is 1. The number of rotatable bonds is 6. The van der Waals surface area contributed by atoms with Crippen LogP contribution in [0.5, 0.6) is 17.2 Å². The molecule has 23 heavy (non-hydrogen) atoms. The summed E-state index contributed by atoms with van der Waals surface area (Å²) in [4.78, 5) is 12.0. The van der Waals surface area contributed by atoms with Crippen LogP contribution < -0.4 is 19.5 Å². The first-order valence-electron chi connectivity index (χ1n) is 6.93. The number of benzene rings is 2. The van der Waals surface area contributed by atoms with E-state index in [2.05, 4.69) is 21.2 Å². The molecule has 1 N–H and O–H groups in total. The number of methoxy groups -OCH3 is 2. The zero-order valence-corrected chi connectivity index (χ0v) is 14.8. The number of halogens is 1. The molecule has 1 amide bonds. The zero-order valence-electron chi connectivity index (χ0n) is 13.2. The number of ether oxygens (including phenoxy) is 3. The van der Waals surface area contributed by atoms with Crippen LogP contribution in [0.25, 0.3) is 0 Å². The molecular formula is C17H18BrNO4. The maximum absolute atomic E-state index is 12.0. The zero-order chi connectivity index (χ0) is 16.8. The maximum atomic E-state index is 12.0. The van der Waals surface area contributed by atoms with Gasteiger partial charge in [0.15, 0.2) is 6.61 Å². The van der Waals surface area contributed by atoms with Crippen molar-refractivity contribution in [1.29, 1.82) is 0 Å². The molecule has 2 aromatic carbocycles. The Balaban J connectivity index is 1.97. The number of anilines is 1. The fourth-order valence-electron chi connectivity index (χ4n) is 1.93. The molecule has 0 aliphatic carbocycles. The molecule has 2 rings (SSSR count). The summed E-state index contributed by atoms with van der Waals surface area (Å²) in [6.45, 7) is 1.88. The lowest BCUT2D eigenvalue weighted by Gasteiger charge is -2.11. The van der Waals surface area contributed by atoms with Crippen molar-refractivity contribution >= 4 is 27.5 Å². The lowest BCUT2D eigenvalue weighted by atomic mass is 10.2. The monoisotopic (exact) mass is 379 g/mol. The smallest absolute Gasteiger partial charge is 0.262 e. The summed E-state index contributed by atoms with van der Waals surface area (Å²) in [6.07, 6.45) is 0. The first-order chi connectivity index (χ1) is 11.0. The van der Waals surface area contributed by atoms with Gasteiger partial charge in [-0.05, 0) is 30.7 Å². The van der Waals surface area contributed by atoms with Crippen molar-refractivity contribution in [2.24, 2.45) is 0 Å². The molecule has 0 spiro atoms. The van der Waals surface area contributed by atoms with Crippen LogP contribution in [0.3, 0.4) is 0 Å². The van der Waals surface area contributed by atoms with Crippen LogP contribution >= 0.6 is 15.9 Å². The van der Waals surface area contributed by atoms with Gasteiger partial charge in [-0.3, -0.25) is 4.79 Å². The number of aryl methyl sites for hydroxylation is 1. The van der Waals surface area contributed by atoms with Crippen molar-refractivity contribution < 1.29 is 19.0 Å². The molecular weight excluding hydrogens is 362 g/mol. The van der Waals surface area contributed by atoms with Crippen LogP contribution in [0, 0.1) is 6.92 Å². The minimum atomic E-state index is -0.263. The Kier molecular flexibility index (Phi) is 5.87. The molecule has 0 aromatic heterocycles. The quantitative estimate of drug-likeness (QED) is 0.829. The van der Waals surface area contributed by atoms with Gasteiger partial charge in [0.05, 0.1) is 14.2 Å². The SMILES string of the molecule is COc1cc(NC(=O)COc2ccc(Br)c(C)c2)cc(OC)c1. The summed E-state index contributed by atoms with van der Waals surface area (Å²) in [7, 11) is 3.11. The molecule has 5 nitrogen and oxygen atoms in total. The highest BCUT2D eigenvalue weighted by Gasteiger charge is 2.07. The van der Waals surface area contributed by atoms with E-state index in [1.165, 1.54) is 0 Å². The van der Waals surface area contributed by atoms with Crippen LogP contribution in [0.2, 0.25) is 0 Å². The Morgan fingerprint density at radius 3 is 2.26 bits per heavy atom. The van der Waals surface area contributed by atoms with E-state index in [1.54, 1.807) is 38.5 Å². The maximum Gasteiger partial charge on any atom is 0.262 e. The van der Waals surface area contributed by atoms with Crippen molar-refractivity contribution in [1.82, 2.24) is 0 Å². The minimum absolute atomic E-state index is 0.0827. The van der Waals surface area contributed by atoms with Gasteiger partial charge in [-0.1, -0.05) is 15.9 Å². The van der Waals surface area contributed by atoms with Gasteiger partial charge in [0.2, 0.25) is 0 Å². The Morgan fingerprint density at radius 1 is 1.04 bits per heavy atom. The van der Waals surface area contributed by atoms with Gasteiger partial charge >= 0.3 is 0 Å². The van der Waals surface area contributed by atoms with Gasteiger partial charge in [-0.25, -0.2) is 0 Å². The van der Waals surface area contributed by atoms with E-state index < -0.39 is 0 Å². The molecule has 0 radical (unpaired) electrons. The van der Waals surface area contributed by atoms with E-state index in [-0.39, 0.29) is 12.5 Å². The average Bonchev–Trinajstić information content (AvgIpc) is 2.55. The molecule has 0 aliphatic rings. The summed E-state index contributed by atoms with van der Waals surface area (Å²) in [6, 6.07) is 10.7. The van der Waals surface area contributed by atoms with Gasteiger partial charge in [0, 0.05) is 28.4 Å². The Hall–Kier alpha value is -2.21. The lowest BCUT2D eigenvalue weighted by Crippen LogP contribution is -2.20. The molecule has 0 unspecified atom stereocenters. The van der Waals surface area contributed by atoms with E-state index in [9.17, 15) is 4.79 Å². The highest BCUT2D eigenvalue weighted by molar-refractivity contribution is 9.10. The van der Waals surface area contributed by atoms with Crippen molar-refractivity contribution in [3.63, 3.8) is 0 Å². The standard InChI is InChI=1S/C17H18BrNO4/c1-11-6-13(4-5-16(11)18)23-10-17(20)19-12-7-14(21-2)9-15(8-12)22-3/h4-9H,10H2,1-3H3,(H,19,20). The van der Waals surface area contributed by atoms with E-state index in [0.717, 1.165) is 10.0 Å². The second kappa shape index (κ2) is 7.87. The third-order valence-corrected chi connectivity index (χ3v) is 4.02. The molecule has 0 atom stereocenters. The molecule has 0 bridgehead atoms. The third kappa shape index (κ3) is 4.89. The van der Waals surface area contributed by atoms with Crippen LogP contribution in [0.4, 0.5) is 5.69 Å². The summed E-state index contributed by atoms with van der Waals surface area (Å²) in [5.74, 6) is 1.58. The first-order valence-corrected chi connectivity index (χ1v) is 7.73. The number of carbonyl (C=O) groups excluding carboxylic acids is 1. The van der Waals surface area contributed by atoms with Gasteiger partial charge in [-0.15, -0.1) is 0 Å². The van der Waals surface area contributed by atoms with E-state index >= 15 is 0 Å². The van der Waals surface area contributed by atoms with E-state index in [4.69, 9.17) is 14.2 Å². The topological polar surface area (TPSA) is 56.8 Å². The molecule has 0 heterocycles. The summed E-state index contributed by atoms with van der Waals surface area (Å²) in [5, 5.41) is 2.75. The lowest BCUT2D eigenvalue weighted by molar-refractivity contribution is -0.118. The van der Waals surface area contributed by atoms with Crippen LogP contribution in [-0.2, 0) is 4.79 Å². The van der Waals surface area contributed by atoms with Gasteiger partial charge < -0.3 is 19.5 Å². The Labute approximate surface area is 143 Å². The second-order valence-corrected chi connectivity index (χ2v) is 5.70. The Morgan fingerprint density at radius 2 is 1.70 bits per heavy atom. The second-order valence-electron chi connectivity index (χ2n) is 4.85. The van der Waals surface area contributed by atoms with Gasteiger partial charge in [0.1, 0.15) is 17.2 Å². The fraction of sp³-hybridized carbons (Fsp3) is 0.235. The van der Waals surface area contributed by atoms with E-state index in [1.807, 2.05) is 19.1 Å². The van der Waals surface area contributed by atoms with Crippen molar-refractivity contribution in [2.45, 2.75) is 6.92 Å². The van der Waals surface area contributed by atoms with Crippen LogP contribution in [0.1, 0.15) is 5.56 Å². The highest BCUT2D eigenvalue weighted by atomic mass is 79.9. The molecule has 0 saturated carbocycles. The normalized spacial score (nSPS) is 10.1. The minimum Gasteiger partial charge on any atom is -0.497 e. The summed E-state index contributed by atoms with van der Waals surface area (Å²) < 4.78 is 16.8. The number of hydrogen-bond donors (Lipinski definition) is 1. The molecule has 122 valence electrons. The summed E-state index contributed by atoms with van der Waals surface area (Å²) in [5.41, 5.74) is 1.63. The Bertz CT molecular complexity index is 681. The predicted octanol–water partition coefficient (Wildman–Crippen LogP) is 3.79. The third-order valence-electron chi connectivity index (χ3n) is 3.13. The van der Waals surface area contributed by atoms with E-state index in [0.29, 0.717) is 22.9 Å². The number of carbonyl (C=O) groups is 1. The predicted molar refractivity (Wildman–Crippen MR) is 92.5 cm³/mol. The first kappa shape index (κ1) is 17.1. The molecule has 0 saturated heterocycles. The van der Waals surface area contributed by atoms with Crippen molar-refractivity contribution in [3.05, 3.63) is 46.4 Å². The number of hydrogen-bond acceptors (Lipinski definition) is 4. The van der Waals surface area contributed by atoms with Crippen LogP contribution in [0.15, 0.2) is 40.9 Å². The largest absolute Gasteiger partial charge is 0.497 e. The van der Waals surface area contributed by atoms with Crippen molar-refractivity contribution in [3.8, 4) is 17.2 Å².